The number of para-hydroxylation sites is 1. The van der Waals surface area contributed by atoms with Gasteiger partial charge in [-0.05, 0) is 12.1 Å². The molecule has 0 spiro atoms. The van der Waals surface area contributed by atoms with Crippen LogP contribution in [0.5, 0.6) is 0 Å². The molecule has 1 aromatic carbocycles. The van der Waals surface area contributed by atoms with Crippen molar-refractivity contribution in [3.8, 4) is 0 Å². The predicted octanol–water partition coefficient (Wildman–Crippen LogP) is 0.993. The first-order valence-electron chi connectivity index (χ1n) is 4.51. The van der Waals surface area contributed by atoms with Gasteiger partial charge in [0.2, 0.25) is 0 Å². The van der Waals surface area contributed by atoms with Gasteiger partial charge in [-0.1, -0.05) is 17.3 Å². The van der Waals surface area contributed by atoms with Crippen LogP contribution in [0.15, 0.2) is 52.1 Å². The Labute approximate surface area is 89.9 Å². The molecule has 0 aliphatic rings. The normalized spacial score (nSPS) is 9.50. The quantitative estimate of drug-likeness (QED) is 0.605. The summed E-state index contributed by atoms with van der Waals surface area (Å²) in [6.07, 6.45) is 4.74. The van der Waals surface area contributed by atoms with Gasteiger partial charge in [0.05, 0.1) is 6.20 Å². The minimum absolute atomic E-state index is 0.552. The molecule has 2 aromatic heterocycles. The summed E-state index contributed by atoms with van der Waals surface area (Å²) in [7, 11) is 0. The molecule has 2 heterocycles. The van der Waals surface area contributed by atoms with Gasteiger partial charge in [0, 0.05) is 17.8 Å². The van der Waals surface area contributed by atoms with Gasteiger partial charge < -0.3 is 4.42 Å². The number of benzene rings is 1. The van der Waals surface area contributed by atoms with E-state index in [2.05, 4.69) is 20.4 Å². The Morgan fingerprint density at radius 3 is 2.81 bits per heavy atom. The average Bonchev–Trinajstić information content (AvgIpc) is 2.87. The van der Waals surface area contributed by atoms with E-state index in [9.17, 15) is 4.79 Å². The lowest BCUT2D eigenvalue weighted by Gasteiger charge is -1.90. The van der Waals surface area contributed by atoms with Gasteiger partial charge >= 0.3 is 5.76 Å². The summed E-state index contributed by atoms with van der Waals surface area (Å²) in [5, 5.41) is 10.1. The molecule has 0 bridgehead atoms. The smallest absolute Gasteiger partial charge is 0.408 e. The van der Waals surface area contributed by atoms with E-state index in [4.69, 9.17) is 4.42 Å². The third kappa shape index (κ3) is 2.50. The lowest BCUT2D eigenvalue weighted by Crippen LogP contribution is -2.00. The Hall–Kier alpha value is -2.50. The molecule has 0 fully saturated rings. The summed E-state index contributed by atoms with van der Waals surface area (Å²) >= 11 is 0. The first-order valence-corrected chi connectivity index (χ1v) is 4.51. The van der Waals surface area contributed by atoms with Crippen molar-refractivity contribution < 1.29 is 4.42 Å². The van der Waals surface area contributed by atoms with E-state index in [0.717, 1.165) is 5.39 Å². The van der Waals surface area contributed by atoms with Crippen LogP contribution in [0.3, 0.4) is 0 Å². The highest BCUT2D eigenvalue weighted by Crippen LogP contribution is 2.07. The number of hydrogen-bond donors (Lipinski definition) is 1. The van der Waals surface area contributed by atoms with Crippen molar-refractivity contribution >= 4 is 11.0 Å². The van der Waals surface area contributed by atoms with Crippen LogP contribution in [0, 0.1) is 0 Å². The number of hydrogen-bond acceptors (Lipinski definition) is 5. The van der Waals surface area contributed by atoms with Gasteiger partial charge in [-0.25, -0.2) is 4.79 Å². The third-order valence-electron chi connectivity index (χ3n) is 1.76. The fourth-order valence-electron chi connectivity index (χ4n) is 1.09. The molecule has 1 N–H and O–H groups in total. The molecule has 0 radical (unpaired) electrons. The minimum Gasteiger partial charge on any atom is -0.408 e. The van der Waals surface area contributed by atoms with Crippen LogP contribution < -0.4 is 5.76 Å². The molecule has 0 saturated heterocycles. The second kappa shape index (κ2) is 4.83. The Bertz CT molecular complexity index is 586. The summed E-state index contributed by atoms with van der Waals surface area (Å²) < 4.78 is 4.79. The molecule has 0 saturated carbocycles. The van der Waals surface area contributed by atoms with E-state index in [0.29, 0.717) is 5.58 Å². The van der Waals surface area contributed by atoms with Crippen molar-refractivity contribution in [2.75, 3.05) is 0 Å². The van der Waals surface area contributed by atoms with E-state index in [1.165, 1.54) is 6.20 Å². The van der Waals surface area contributed by atoms with Crippen molar-refractivity contribution in [3.05, 3.63) is 53.4 Å². The molecular formula is C10H8N4O2. The van der Waals surface area contributed by atoms with Gasteiger partial charge in [0.25, 0.3) is 0 Å². The lowest BCUT2D eigenvalue weighted by atomic mass is 10.3. The minimum atomic E-state index is -0.552. The standard InChI is InChI=1S/C8H5NO2.C2H3N3/c10-8-9-5-6-3-1-2-4-7(6)11-8;1-2-4-5-3-1/h1-5H;1-2H,(H,3,4,5). The Morgan fingerprint density at radius 2 is 2.12 bits per heavy atom. The number of fused-ring (bicyclic) bond motifs is 1. The maximum absolute atomic E-state index is 10.6. The molecule has 6 nitrogen and oxygen atoms in total. The second-order valence-electron chi connectivity index (χ2n) is 2.82. The van der Waals surface area contributed by atoms with Crippen LogP contribution in [0.2, 0.25) is 0 Å². The highest BCUT2D eigenvalue weighted by molar-refractivity contribution is 5.74. The number of aromatic amines is 1. The Kier molecular flexibility index (Phi) is 3.03. The van der Waals surface area contributed by atoms with Crippen molar-refractivity contribution in [2.45, 2.75) is 0 Å². The second-order valence-corrected chi connectivity index (χ2v) is 2.82. The molecule has 3 rings (SSSR count). The zero-order chi connectivity index (χ0) is 11.2. The van der Waals surface area contributed by atoms with E-state index in [1.807, 2.05) is 18.2 Å². The molecule has 0 aliphatic carbocycles. The van der Waals surface area contributed by atoms with Gasteiger partial charge in [-0.3, -0.25) is 5.10 Å². The van der Waals surface area contributed by atoms with Crippen LogP contribution in [0.4, 0.5) is 0 Å². The van der Waals surface area contributed by atoms with Gasteiger partial charge in [-0.15, -0.1) is 5.10 Å². The molecule has 6 heteroatoms. The summed E-state index contributed by atoms with van der Waals surface area (Å²) in [4.78, 5) is 14.1. The summed E-state index contributed by atoms with van der Waals surface area (Å²) in [6.45, 7) is 0. The molecule has 80 valence electrons. The van der Waals surface area contributed by atoms with E-state index < -0.39 is 5.76 Å². The van der Waals surface area contributed by atoms with Gasteiger partial charge in [0.1, 0.15) is 5.58 Å². The first kappa shape index (κ1) is 10.0. The fraction of sp³-hybridized carbons (Fsp3) is 0. The molecule has 0 atom stereocenters. The summed E-state index contributed by atoms with van der Waals surface area (Å²) in [5.41, 5.74) is 0.576. The number of rotatable bonds is 0. The van der Waals surface area contributed by atoms with Crippen LogP contribution in [-0.4, -0.2) is 20.4 Å². The maximum Gasteiger partial charge on any atom is 0.439 e. The lowest BCUT2D eigenvalue weighted by molar-refractivity contribution is 0.531. The van der Waals surface area contributed by atoms with Crippen LogP contribution in [0.25, 0.3) is 11.0 Å². The molecule has 0 aliphatic heterocycles. The number of nitrogens with one attached hydrogen (secondary N) is 1. The van der Waals surface area contributed by atoms with Crippen LogP contribution in [-0.2, 0) is 0 Å². The van der Waals surface area contributed by atoms with Crippen molar-refractivity contribution in [1.82, 2.24) is 20.4 Å². The molecule has 0 unspecified atom stereocenters. The average molecular weight is 216 g/mol. The maximum atomic E-state index is 10.6. The summed E-state index contributed by atoms with van der Waals surface area (Å²) in [5.74, 6) is -0.552. The zero-order valence-corrected chi connectivity index (χ0v) is 8.20. The molecular weight excluding hydrogens is 208 g/mol. The van der Waals surface area contributed by atoms with E-state index in [-0.39, 0.29) is 0 Å². The van der Waals surface area contributed by atoms with Crippen molar-refractivity contribution in [1.29, 1.82) is 0 Å². The zero-order valence-electron chi connectivity index (χ0n) is 8.20. The monoisotopic (exact) mass is 216 g/mol. The highest BCUT2D eigenvalue weighted by atomic mass is 16.4. The Morgan fingerprint density at radius 1 is 1.25 bits per heavy atom. The summed E-state index contributed by atoms with van der Waals surface area (Å²) in [6, 6.07) is 7.25. The number of H-pyrrole nitrogens is 1. The topological polar surface area (TPSA) is 84.7 Å². The van der Waals surface area contributed by atoms with Crippen LogP contribution in [0.1, 0.15) is 0 Å². The highest BCUT2D eigenvalue weighted by Gasteiger charge is 1.93. The van der Waals surface area contributed by atoms with E-state index >= 15 is 0 Å². The largest absolute Gasteiger partial charge is 0.439 e. The molecule has 0 amide bonds. The SMILES string of the molecule is O=c1ncc2ccccc2o1.c1c[nH]nn1. The molecule has 3 aromatic rings. The Balaban J connectivity index is 0.000000162. The van der Waals surface area contributed by atoms with Gasteiger partial charge in [-0.2, -0.15) is 4.98 Å². The van der Waals surface area contributed by atoms with E-state index in [1.54, 1.807) is 18.5 Å². The third-order valence-corrected chi connectivity index (χ3v) is 1.76. The predicted molar refractivity (Wildman–Crippen MR) is 56.7 cm³/mol. The molecule has 16 heavy (non-hydrogen) atoms. The van der Waals surface area contributed by atoms with Crippen LogP contribution >= 0.6 is 0 Å². The fourth-order valence-corrected chi connectivity index (χ4v) is 1.09. The first-order chi connectivity index (χ1) is 7.86. The number of nitrogens with zero attached hydrogens (tertiary/aromatic N) is 3. The van der Waals surface area contributed by atoms with Crippen molar-refractivity contribution in [2.24, 2.45) is 0 Å². The van der Waals surface area contributed by atoms with Crippen molar-refractivity contribution in [3.63, 3.8) is 0 Å². The van der Waals surface area contributed by atoms with Gasteiger partial charge in [0.15, 0.2) is 0 Å². The number of aromatic nitrogens is 4.